The number of aromatic nitrogens is 1. The second-order valence-corrected chi connectivity index (χ2v) is 7.90. The molecule has 0 fully saturated rings. The minimum Gasteiger partial charge on any atom is -0.393 e. The topological polar surface area (TPSA) is 53.4 Å². The zero-order chi connectivity index (χ0) is 21.0. The fourth-order valence-corrected chi connectivity index (χ4v) is 3.40. The van der Waals surface area contributed by atoms with Gasteiger partial charge in [0.1, 0.15) is 0 Å². The third kappa shape index (κ3) is 6.72. The summed E-state index contributed by atoms with van der Waals surface area (Å²) in [5.41, 5.74) is 9.54. The standard InChI is InChI=1S/C20H20N.C5H12O2.Ir/c1-12-9-14(3)18-11-15(4)20(21-19(18)10-12)17-8-6-7-13(2)16(17)5;1-4(6)3-5(2)7;/h6-7,9-11H,1-5H3;4-7H,3H2,1-2H3;/q-1;;. The van der Waals surface area contributed by atoms with Gasteiger partial charge in [-0.05, 0) is 63.9 Å². The fourth-order valence-electron chi connectivity index (χ4n) is 3.40. The summed E-state index contributed by atoms with van der Waals surface area (Å²) in [6.07, 6.45) is -0.278. The molecule has 4 heteroatoms. The van der Waals surface area contributed by atoms with Crippen LogP contribution >= 0.6 is 0 Å². The van der Waals surface area contributed by atoms with Gasteiger partial charge in [-0.15, -0.1) is 34.9 Å². The molecule has 3 rings (SSSR count). The molecular formula is C25H32IrNO2-. The van der Waals surface area contributed by atoms with Crippen LogP contribution in [-0.2, 0) is 20.1 Å². The first kappa shape index (κ1) is 25.5. The number of aliphatic hydroxyl groups excluding tert-OH is 2. The summed E-state index contributed by atoms with van der Waals surface area (Å²) in [5, 5.41) is 18.4. The van der Waals surface area contributed by atoms with Gasteiger partial charge in [-0.1, -0.05) is 31.5 Å². The zero-order valence-corrected chi connectivity index (χ0v) is 20.8. The van der Waals surface area contributed by atoms with E-state index in [1.807, 2.05) is 6.07 Å². The van der Waals surface area contributed by atoms with E-state index in [-0.39, 0.29) is 32.3 Å². The van der Waals surface area contributed by atoms with Gasteiger partial charge >= 0.3 is 0 Å². The molecule has 1 aromatic heterocycles. The minimum absolute atomic E-state index is 0. The van der Waals surface area contributed by atoms with E-state index >= 15 is 0 Å². The largest absolute Gasteiger partial charge is 0.393 e. The smallest absolute Gasteiger partial charge is 0.0600 e. The second kappa shape index (κ2) is 11.0. The van der Waals surface area contributed by atoms with E-state index in [1.54, 1.807) is 13.8 Å². The van der Waals surface area contributed by atoms with E-state index in [2.05, 4.69) is 65.0 Å². The molecule has 0 aliphatic carbocycles. The summed E-state index contributed by atoms with van der Waals surface area (Å²) in [6.45, 7) is 14.0. The molecule has 0 aliphatic rings. The quantitative estimate of drug-likeness (QED) is 0.416. The van der Waals surface area contributed by atoms with Crippen molar-refractivity contribution in [1.82, 2.24) is 4.98 Å². The van der Waals surface area contributed by atoms with Gasteiger partial charge in [-0.25, -0.2) is 0 Å². The molecule has 0 aliphatic heterocycles. The van der Waals surface area contributed by atoms with Crippen LogP contribution in [0.25, 0.3) is 22.2 Å². The second-order valence-electron chi connectivity index (χ2n) is 7.90. The van der Waals surface area contributed by atoms with Crippen molar-refractivity contribution in [2.45, 2.75) is 67.1 Å². The monoisotopic (exact) mass is 571 g/mol. The van der Waals surface area contributed by atoms with Crippen LogP contribution in [0.5, 0.6) is 0 Å². The molecule has 3 nitrogen and oxygen atoms in total. The molecule has 29 heavy (non-hydrogen) atoms. The molecule has 0 saturated carbocycles. The third-order valence-electron chi connectivity index (χ3n) is 4.92. The molecule has 0 spiro atoms. The average Bonchev–Trinajstić information content (AvgIpc) is 2.57. The first-order valence-corrected chi connectivity index (χ1v) is 9.83. The zero-order valence-electron chi connectivity index (χ0n) is 18.4. The van der Waals surface area contributed by atoms with E-state index < -0.39 is 0 Å². The summed E-state index contributed by atoms with van der Waals surface area (Å²) >= 11 is 0. The number of nitrogens with zero attached hydrogens (tertiary/aromatic N) is 1. The van der Waals surface area contributed by atoms with E-state index in [4.69, 9.17) is 15.2 Å². The van der Waals surface area contributed by atoms with Gasteiger partial charge in [0.15, 0.2) is 0 Å². The Bertz CT molecular complexity index is 959. The van der Waals surface area contributed by atoms with E-state index in [9.17, 15) is 0 Å². The molecule has 2 atom stereocenters. The average molecular weight is 571 g/mol. The first-order chi connectivity index (χ1) is 13.1. The fraction of sp³-hybridized carbons (Fsp3) is 0.400. The Balaban J connectivity index is 0.000000456. The predicted molar refractivity (Wildman–Crippen MR) is 118 cm³/mol. The number of aryl methyl sites for hydroxylation is 4. The van der Waals surface area contributed by atoms with Crippen LogP contribution in [-0.4, -0.2) is 27.4 Å². The molecule has 0 amide bonds. The van der Waals surface area contributed by atoms with Gasteiger partial charge in [0.05, 0.1) is 17.7 Å². The number of aliphatic hydroxyl groups is 2. The molecule has 159 valence electrons. The van der Waals surface area contributed by atoms with Gasteiger partial charge in [0.2, 0.25) is 0 Å². The van der Waals surface area contributed by atoms with Crippen molar-refractivity contribution in [2.75, 3.05) is 0 Å². The molecule has 2 unspecified atom stereocenters. The number of pyridine rings is 1. The van der Waals surface area contributed by atoms with Gasteiger partial charge in [0, 0.05) is 25.5 Å². The van der Waals surface area contributed by atoms with Gasteiger partial charge < -0.3 is 10.2 Å². The maximum atomic E-state index is 8.56. The number of hydrogen-bond acceptors (Lipinski definition) is 3. The van der Waals surface area contributed by atoms with Crippen molar-refractivity contribution in [3.05, 3.63) is 64.2 Å². The number of hydrogen-bond donors (Lipinski definition) is 2. The van der Waals surface area contributed by atoms with Crippen molar-refractivity contribution < 1.29 is 30.3 Å². The summed E-state index contributed by atoms with van der Waals surface area (Å²) in [5.74, 6) is 0. The van der Waals surface area contributed by atoms with E-state index in [0.717, 1.165) is 16.8 Å². The van der Waals surface area contributed by atoms with Gasteiger partial charge in [-0.3, -0.25) is 4.98 Å². The molecule has 2 aromatic carbocycles. The van der Waals surface area contributed by atoms with Crippen LogP contribution in [0.15, 0.2) is 30.3 Å². The summed E-state index contributed by atoms with van der Waals surface area (Å²) in [7, 11) is 0. The summed E-state index contributed by atoms with van der Waals surface area (Å²) in [4.78, 5) is 4.94. The summed E-state index contributed by atoms with van der Waals surface area (Å²) < 4.78 is 0. The van der Waals surface area contributed by atoms with Crippen LogP contribution < -0.4 is 0 Å². The van der Waals surface area contributed by atoms with Crippen LogP contribution in [0.2, 0.25) is 0 Å². The molecule has 0 bridgehead atoms. The Hall–Kier alpha value is -1.58. The molecular weight excluding hydrogens is 538 g/mol. The molecule has 1 heterocycles. The van der Waals surface area contributed by atoms with Crippen molar-refractivity contribution >= 4 is 10.9 Å². The van der Waals surface area contributed by atoms with Gasteiger partial charge in [-0.2, -0.15) is 0 Å². The third-order valence-corrected chi connectivity index (χ3v) is 4.92. The molecule has 1 radical (unpaired) electrons. The van der Waals surface area contributed by atoms with Crippen molar-refractivity contribution in [3.8, 4) is 11.3 Å². The molecule has 2 N–H and O–H groups in total. The molecule has 3 aromatic rings. The maximum absolute atomic E-state index is 8.56. The maximum Gasteiger partial charge on any atom is 0.0600 e. The Morgan fingerprint density at radius 3 is 2.07 bits per heavy atom. The van der Waals surface area contributed by atoms with Crippen LogP contribution in [0.1, 0.15) is 48.1 Å². The van der Waals surface area contributed by atoms with E-state index in [0.29, 0.717) is 6.42 Å². The normalized spacial score (nSPS) is 12.6. The van der Waals surface area contributed by atoms with Crippen molar-refractivity contribution in [2.24, 2.45) is 0 Å². The predicted octanol–water partition coefficient (Wildman–Crippen LogP) is 5.38. The van der Waals surface area contributed by atoms with Gasteiger partial charge in [0.25, 0.3) is 0 Å². The first-order valence-electron chi connectivity index (χ1n) is 9.83. The Morgan fingerprint density at radius 2 is 1.52 bits per heavy atom. The van der Waals surface area contributed by atoms with Crippen LogP contribution in [0, 0.1) is 40.7 Å². The van der Waals surface area contributed by atoms with Crippen molar-refractivity contribution in [3.63, 3.8) is 0 Å². The Kier molecular flexibility index (Phi) is 9.64. The SMILES string of the molecule is CC(O)CC(C)O.Cc1cc(C)c2cc(C)c(-c3[c-]ccc(C)c3C)nc2c1.[Ir]. The van der Waals surface area contributed by atoms with Crippen LogP contribution in [0.3, 0.4) is 0 Å². The Labute approximate surface area is 188 Å². The summed E-state index contributed by atoms with van der Waals surface area (Å²) in [6, 6.07) is 14.1. The number of benzene rings is 2. The van der Waals surface area contributed by atoms with Crippen LogP contribution in [0.4, 0.5) is 0 Å². The Morgan fingerprint density at radius 1 is 0.897 bits per heavy atom. The number of fused-ring (bicyclic) bond motifs is 1. The van der Waals surface area contributed by atoms with Crippen molar-refractivity contribution in [1.29, 1.82) is 0 Å². The van der Waals surface area contributed by atoms with E-state index in [1.165, 1.54) is 33.2 Å². The molecule has 0 saturated heterocycles. The number of rotatable bonds is 3. The minimum atomic E-state index is -0.375.